The topological polar surface area (TPSA) is 49.9 Å². The van der Waals surface area contributed by atoms with Crippen LogP contribution in [0.5, 0.6) is 5.75 Å². The van der Waals surface area contributed by atoms with Crippen LogP contribution in [0.4, 0.5) is 15.8 Å². The molecule has 0 unspecified atom stereocenters. The third-order valence-corrected chi connectivity index (χ3v) is 6.41. The van der Waals surface area contributed by atoms with E-state index in [0.29, 0.717) is 49.4 Å². The fraction of sp³-hybridized carbons (Fsp3) is 0.286. The van der Waals surface area contributed by atoms with Crippen LogP contribution in [0, 0.1) is 11.7 Å². The number of ether oxygens (including phenoxy) is 1. The number of hydrogen-bond donors (Lipinski definition) is 0. The molecule has 0 radical (unpaired) electrons. The van der Waals surface area contributed by atoms with Gasteiger partial charge in [0.25, 0.3) is 5.91 Å². The number of nitrogens with zero attached hydrogens (tertiary/aromatic N) is 2. The third-order valence-electron chi connectivity index (χ3n) is 6.41. The van der Waals surface area contributed by atoms with Crippen LogP contribution in [0.3, 0.4) is 0 Å². The minimum absolute atomic E-state index is 0.0531. The highest BCUT2D eigenvalue weighted by Gasteiger charge is 2.29. The maximum absolute atomic E-state index is 13.7. The Morgan fingerprint density at radius 3 is 2.29 bits per heavy atom. The molecular formula is C28H29FN2O3. The molecule has 1 aliphatic rings. The lowest BCUT2D eigenvalue weighted by Gasteiger charge is -2.34. The summed E-state index contributed by atoms with van der Waals surface area (Å²) < 4.78 is 18.7. The number of amides is 1. The average Bonchev–Trinajstić information content (AvgIpc) is 2.89. The molecule has 4 rings (SSSR count). The van der Waals surface area contributed by atoms with Gasteiger partial charge in [0, 0.05) is 36.8 Å². The molecule has 0 aliphatic carbocycles. The fourth-order valence-electron chi connectivity index (χ4n) is 4.58. The molecule has 1 amide bonds. The number of para-hydroxylation sites is 3. The Morgan fingerprint density at radius 2 is 1.62 bits per heavy atom. The largest absolute Gasteiger partial charge is 0.495 e. The summed E-state index contributed by atoms with van der Waals surface area (Å²) >= 11 is 0. The summed E-state index contributed by atoms with van der Waals surface area (Å²) in [6, 6.07) is 20.9. The van der Waals surface area contributed by atoms with Gasteiger partial charge in [-0.1, -0.05) is 24.3 Å². The highest BCUT2D eigenvalue weighted by atomic mass is 19.1. The number of piperidine rings is 1. The van der Waals surface area contributed by atoms with Gasteiger partial charge in [-0.05, 0) is 68.3 Å². The summed E-state index contributed by atoms with van der Waals surface area (Å²) in [6.07, 6.45) is 1.37. The normalized spacial score (nSPS) is 14.0. The Balaban J connectivity index is 1.52. The number of rotatable bonds is 7. The Hall–Kier alpha value is -3.67. The molecular weight excluding hydrogens is 431 g/mol. The van der Waals surface area contributed by atoms with Crippen molar-refractivity contribution in [3.05, 3.63) is 89.7 Å². The first kappa shape index (κ1) is 23.5. The average molecular weight is 461 g/mol. The number of carbonyl (C=O) groups excluding carboxylic acids is 2. The van der Waals surface area contributed by atoms with Gasteiger partial charge in [-0.25, -0.2) is 4.39 Å². The van der Waals surface area contributed by atoms with E-state index in [0.717, 1.165) is 11.4 Å². The van der Waals surface area contributed by atoms with E-state index in [1.165, 1.54) is 12.1 Å². The van der Waals surface area contributed by atoms with Crippen molar-refractivity contribution >= 4 is 23.1 Å². The molecule has 0 saturated carbocycles. The molecule has 1 aliphatic heterocycles. The van der Waals surface area contributed by atoms with E-state index in [9.17, 15) is 14.0 Å². The number of methoxy groups -OCH3 is 1. The summed E-state index contributed by atoms with van der Waals surface area (Å²) in [7, 11) is 1.60. The number of benzene rings is 3. The maximum Gasteiger partial charge on any atom is 0.260 e. The van der Waals surface area contributed by atoms with Gasteiger partial charge in [0.15, 0.2) is 5.78 Å². The first-order valence-electron chi connectivity index (χ1n) is 11.6. The number of carbonyl (C=O) groups is 2. The molecule has 0 atom stereocenters. The van der Waals surface area contributed by atoms with Crippen LogP contribution in [0.2, 0.25) is 0 Å². The molecule has 6 heteroatoms. The second-order valence-corrected chi connectivity index (χ2v) is 8.37. The van der Waals surface area contributed by atoms with Crippen LogP contribution >= 0.6 is 0 Å². The summed E-state index contributed by atoms with van der Waals surface area (Å²) in [5.74, 6) is 0.159. The van der Waals surface area contributed by atoms with Gasteiger partial charge in [-0.15, -0.1) is 0 Å². The van der Waals surface area contributed by atoms with E-state index in [2.05, 4.69) is 4.90 Å². The number of halogens is 1. The minimum atomic E-state index is -0.345. The van der Waals surface area contributed by atoms with Crippen molar-refractivity contribution in [2.75, 3.05) is 36.5 Å². The minimum Gasteiger partial charge on any atom is -0.495 e. The van der Waals surface area contributed by atoms with E-state index < -0.39 is 0 Å². The van der Waals surface area contributed by atoms with E-state index in [4.69, 9.17) is 4.74 Å². The highest BCUT2D eigenvalue weighted by Crippen LogP contribution is 2.32. The number of anilines is 2. The van der Waals surface area contributed by atoms with Crippen molar-refractivity contribution in [1.82, 2.24) is 0 Å². The van der Waals surface area contributed by atoms with Gasteiger partial charge in [0.05, 0.1) is 18.4 Å². The molecule has 5 nitrogen and oxygen atoms in total. The molecule has 34 heavy (non-hydrogen) atoms. The van der Waals surface area contributed by atoms with Crippen molar-refractivity contribution < 1.29 is 18.7 Å². The Kier molecular flexibility index (Phi) is 7.26. The summed E-state index contributed by atoms with van der Waals surface area (Å²) in [6.45, 7) is 3.78. The monoisotopic (exact) mass is 460 g/mol. The van der Waals surface area contributed by atoms with Crippen molar-refractivity contribution in [1.29, 1.82) is 0 Å². The molecule has 1 fully saturated rings. The Bertz CT molecular complexity index is 1150. The van der Waals surface area contributed by atoms with E-state index in [1.807, 2.05) is 55.5 Å². The first-order chi connectivity index (χ1) is 16.5. The second kappa shape index (κ2) is 10.5. The summed E-state index contributed by atoms with van der Waals surface area (Å²) in [5, 5.41) is 0. The quantitative estimate of drug-likeness (QED) is 0.431. The van der Waals surface area contributed by atoms with Gasteiger partial charge in [-0.2, -0.15) is 0 Å². The van der Waals surface area contributed by atoms with Crippen LogP contribution in [-0.4, -0.2) is 38.4 Å². The van der Waals surface area contributed by atoms with Crippen LogP contribution in [0.15, 0.2) is 72.8 Å². The van der Waals surface area contributed by atoms with Crippen molar-refractivity contribution in [3.8, 4) is 5.75 Å². The van der Waals surface area contributed by atoms with Crippen LogP contribution in [0.25, 0.3) is 0 Å². The zero-order chi connectivity index (χ0) is 24.1. The fourth-order valence-corrected chi connectivity index (χ4v) is 4.58. The maximum atomic E-state index is 13.7. The smallest absolute Gasteiger partial charge is 0.260 e. The van der Waals surface area contributed by atoms with Gasteiger partial charge in [0.1, 0.15) is 11.6 Å². The molecule has 3 aromatic rings. The predicted molar refractivity (Wildman–Crippen MR) is 132 cm³/mol. The zero-order valence-electron chi connectivity index (χ0n) is 19.5. The zero-order valence-corrected chi connectivity index (χ0v) is 19.5. The van der Waals surface area contributed by atoms with Crippen molar-refractivity contribution in [2.24, 2.45) is 5.92 Å². The van der Waals surface area contributed by atoms with E-state index in [-0.39, 0.29) is 23.4 Å². The number of hydrogen-bond acceptors (Lipinski definition) is 4. The van der Waals surface area contributed by atoms with E-state index in [1.54, 1.807) is 24.1 Å². The van der Waals surface area contributed by atoms with Crippen LogP contribution < -0.4 is 14.5 Å². The van der Waals surface area contributed by atoms with Gasteiger partial charge in [-0.3, -0.25) is 9.59 Å². The molecule has 0 spiro atoms. The Morgan fingerprint density at radius 1 is 0.971 bits per heavy atom. The van der Waals surface area contributed by atoms with E-state index >= 15 is 0 Å². The second-order valence-electron chi connectivity index (χ2n) is 8.37. The van der Waals surface area contributed by atoms with Crippen LogP contribution in [-0.2, 0) is 0 Å². The van der Waals surface area contributed by atoms with Crippen LogP contribution in [0.1, 0.15) is 40.5 Å². The van der Waals surface area contributed by atoms with Gasteiger partial charge in [0.2, 0.25) is 0 Å². The molecule has 0 N–H and O–H groups in total. The standard InChI is InChI=1S/C28H29FN2O3/c1-3-31(25-10-6-7-11-26(25)34-2)28(33)23-8-4-5-9-24(23)30-18-16-21(17-19-30)27(32)20-12-14-22(29)15-13-20/h4-15,21H,3,16-19H2,1-2H3. The lowest BCUT2D eigenvalue weighted by Crippen LogP contribution is -2.38. The lowest BCUT2D eigenvalue weighted by atomic mass is 9.88. The molecule has 3 aromatic carbocycles. The van der Waals surface area contributed by atoms with Gasteiger partial charge < -0.3 is 14.5 Å². The Labute approximate surface area is 199 Å². The molecule has 0 aromatic heterocycles. The summed E-state index contributed by atoms with van der Waals surface area (Å²) in [4.78, 5) is 30.4. The number of ketones is 1. The van der Waals surface area contributed by atoms with Crippen molar-refractivity contribution in [2.45, 2.75) is 19.8 Å². The SMILES string of the molecule is CCN(C(=O)c1ccccc1N1CCC(C(=O)c2ccc(F)cc2)CC1)c1ccccc1OC. The molecule has 1 saturated heterocycles. The number of Topliss-reactive ketones (excluding diaryl/α,β-unsaturated/α-hetero) is 1. The first-order valence-corrected chi connectivity index (χ1v) is 11.6. The highest BCUT2D eigenvalue weighted by molar-refractivity contribution is 6.10. The van der Waals surface area contributed by atoms with Crippen molar-refractivity contribution in [3.63, 3.8) is 0 Å². The molecule has 176 valence electrons. The molecule has 0 bridgehead atoms. The third kappa shape index (κ3) is 4.81. The summed E-state index contributed by atoms with van der Waals surface area (Å²) in [5.41, 5.74) is 2.77. The predicted octanol–water partition coefficient (Wildman–Crippen LogP) is 5.60. The van der Waals surface area contributed by atoms with Gasteiger partial charge >= 0.3 is 0 Å². The lowest BCUT2D eigenvalue weighted by molar-refractivity contribution is 0.0899. The molecule has 1 heterocycles.